The van der Waals surface area contributed by atoms with Crippen LogP contribution in [0.1, 0.15) is 88.4 Å². The molecule has 2 aliphatic carbocycles. The first-order chi connectivity index (χ1) is 15.0. The number of nitrogens with zero attached hydrogens (tertiary/aromatic N) is 1. The van der Waals surface area contributed by atoms with Gasteiger partial charge in [0.2, 0.25) is 6.41 Å². The van der Waals surface area contributed by atoms with Gasteiger partial charge in [-0.1, -0.05) is 24.3 Å². The Bertz CT molecular complexity index is 951. The van der Waals surface area contributed by atoms with Gasteiger partial charge in [0.1, 0.15) is 4.88 Å². The van der Waals surface area contributed by atoms with Gasteiger partial charge < -0.3 is 15.1 Å². The van der Waals surface area contributed by atoms with Crippen LogP contribution in [-0.4, -0.2) is 34.7 Å². The molecule has 5 nitrogen and oxygen atoms in total. The van der Waals surface area contributed by atoms with Crippen molar-refractivity contribution in [3.8, 4) is 11.8 Å². The second kappa shape index (κ2) is 9.80. The first kappa shape index (κ1) is 24.5. The minimum Gasteiger partial charge on any atom is -0.477 e. The SMILES string of the molecule is CC1=C(c2csc(C(=O)O)c2N(C=O)C2CCC(O)CC2)CC[C@H](C)C1C#CC(C)(C)C. The Labute approximate surface area is 195 Å². The molecule has 2 atom stereocenters. The van der Waals surface area contributed by atoms with Gasteiger partial charge in [-0.15, -0.1) is 11.3 Å². The van der Waals surface area contributed by atoms with Crippen molar-refractivity contribution in [1.29, 1.82) is 0 Å². The number of carbonyl (C=O) groups is 2. The van der Waals surface area contributed by atoms with E-state index in [0.29, 0.717) is 37.3 Å². The van der Waals surface area contributed by atoms with Crippen LogP contribution in [0.25, 0.3) is 5.57 Å². The lowest BCUT2D eigenvalue weighted by molar-refractivity contribution is -0.108. The molecule has 1 fully saturated rings. The van der Waals surface area contributed by atoms with Crippen LogP contribution in [0, 0.1) is 29.1 Å². The van der Waals surface area contributed by atoms with Crippen molar-refractivity contribution in [2.24, 2.45) is 17.3 Å². The molecule has 1 heterocycles. The number of allylic oxidation sites excluding steroid dienone is 2. The van der Waals surface area contributed by atoms with E-state index in [1.807, 2.05) is 5.38 Å². The van der Waals surface area contributed by atoms with Crippen molar-refractivity contribution in [2.75, 3.05) is 4.90 Å². The minimum atomic E-state index is -1.01. The fourth-order valence-electron chi connectivity index (χ4n) is 4.87. The third-order valence-electron chi connectivity index (χ3n) is 6.68. The number of aromatic carboxylic acids is 1. The lowest BCUT2D eigenvalue weighted by atomic mass is 9.74. The van der Waals surface area contributed by atoms with Crippen molar-refractivity contribution < 1.29 is 19.8 Å². The van der Waals surface area contributed by atoms with Crippen molar-refractivity contribution in [3.05, 3.63) is 21.4 Å². The third-order valence-corrected chi connectivity index (χ3v) is 7.64. The quantitative estimate of drug-likeness (QED) is 0.447. The maximum Gasteiger partial charge on any atom is 0.348 e. The lowest BCUT2D eigenvalue weighted by Gasteiger charge is -2.35. The maximum absolute atomic E-state index is 12.2. The van der Waals surface area contributed by atoms with E-state index in [0.717, 1.165) is 30.4 Å². The highest BCUT2D eigenvalue weighted by molar-refractivity contribution is 7.13. The molecule has 3 rings (SSSR count). The number of thiophene rings is 1. The maximum atomic E-state index is 12.2. The highest BCUT2D eigenvalue weighted by Crippen LogP contribution is 2.46. The Morgan fingerprint density at radius 3 is 2.44 bits per heavy atom. The van der Waals surface area contributed by atoms with Gasteiger partial charge >= 0.3 is 5.97 Å². The standard InChI is InChI=1S/C26H35NO4S/c1-16-6-11-21(17(2)20(16)12-13-26(3,4)5)22-14-32-24(25(30)31)23(22)27(15-28)18-7-9-19(29)10-8-18/h14-16,18-20,29H,6-11H2,1-5H3,(H,30,31)/t16-,18?,19?,20?/m0/s1. The summed E-state index contributed by atoms with van der Waals surface area (Å²) >= 11 is 1.19. The summed E-state index contributed by atoms with van der Waals surface area (Å²) in [5.74, 6) is 6.41. The number of aliphatic hydroxyl groups is 1. The molecule has 2 N–H and O–H groups in total. The highest BCUT2D eigenvalue weighted by Gasteiger charge is 2.34. The van der Waals surface area contributed by atoms with Crippen molar-refractivity contribution in [1.82, 2.24) is 0 Å². The van der Waals surface area contributed by atoms with Crippen molar-refractivity contribution in [3.63, 3.8) is 0 Å². The average Bonchev–Trinajstić information content (AvgIpc) is 3.14. The summed E-state index contributed by atoms with van der Waals surface area (Å²) in [6, 6.07) is -0.0951. The van der Waals surface area contributed by atoms with Gasteiger partial charge in [0.25, 0.3) is 0 Å². The summed E-state index contributed by atoms with van der Waals surface area (Å²) in [7, 11) is 0. The van der Waals surface area contributed by atoms with Crippen LogP contribution < -0.4 is 4.90 Å². The molecular formula is C26H35NO4S. The van der Waals surface area contributed by atoms with Gasteiger partial charge in [-0.2, -0.15) is 0 Å². The van der Waals surface area contributed by atoms with E-state index in [1.54, 1.807) is 4.90 Å². The summed E-state index contributed by atoms with van der Waals surface area (Å²) in [6.45, 7) is 10.6. The predicted octanol–water partition coefficient (Wildman–Crippen LogP) is 5.58. The summed E-state index contributed by atoms with van der Waals surface area (Å²) in [6.07, 6.45) is 4.85. The van der Waals surface area contributed by atoms with Crippen LogP contribution in [0.4, 0.5) is 5.69 Å². The van der Waals surface area contributed by atoms with Gasteiger partial charge in [0.15, 0.2) is 0 Å². The molecule has 1 amide bonds. The molecule has 0 bridgehead atoms. The second-order valence-electron chi connectivity index (χ2n) is 10.3. The van der Waals surface area contributed by atoms with Crippen LogP contribution in [0.5, 0.6) is 0 Å². The zero-order valence-corrected chi connectivity index (χ0v) is 20.6. The fourth-order valence-corrected chi connectivity index (χ4v) is 5.79. The summed E-state index contributed by atoms with van der Waals surface area (Å²) in [4.78, 5) is 26.1. The van der Waals surface area contributed by atoms with Gasteiger partial charge in [-0.3, -0.25) is 4.79 Å². The molecule has 1 unspecified atom stereocenters. The van der Waals surface area contributed by atoms with E-state index in [4.69, 9.17) is 0 Å². The molecule has 0 aliphatic heterocycles. The van der Waals surface area contributed by atoms with Gasteiger partial charge in [-0.05, 0) is 77.7 Å². The molecule has 1 aromatic heterocycles. The van der Waals surface area contributed by atoms with Gasteiger partial charge in [0.05, 0.1) is 11.8 Å². The number of hydrogen-bond donors (Lipinski definition) is 2. The van der Waals surface area contributed by atoms with E-state index in [9.17, 15) is 19.8 Å². The molecule has 0 saturated heterocycles. The summed E-state index contributed by atoms with van der Waals surface area (Å²) in [5.41, 5.74) is 3.60. The number of aliphatic hydroxyl groups excluding tert-OH is 1. The zero-order valence-electron chi connectivity index (χ0n) is 19.8. The number of amides is 1. The molecule has 1 aromatic rings. The molecule has 6 heteroatoms. The first-order valence-corrected chi connectivity index (χ1v) is 12.4. The Morgan fingerprint density at radius 1 is 1.22 bits per heavy atom. The molecule has 0 radical (unpaired) electrons. The fraction of sp³-hybridized carbons (Fsp3) is 0.615. The smallest absolute Gasteiger partial charge is 0.348 e. The van der Waals surface area contributed by atoms with Crippen LogP contribution in [-0.2, 0) is 4.79 Å². The lowest BCUT2D eigenvalue weighted by Crippen LogP contribution is -2.39. The molecule has 0 spiro atoms. The number of rotatable bonds is 5. The molecule has 2 aliphatic rings. The minimum absolute atomic E-state index is 0.0819. The largest absolute Gasteiger partial charge is 0.477 e. The predicted molar refractivity (Wildman–Crippen MR) is 130 cm³/mol. The Balaban J connectivity index is 2.09. The van der Waals surface area contributed by atoms with E-state index in [1.165, 1.54) is 16.9 Å². The summed E-state index contributed by atoms with van der Waals surface area (Å²) < 4.78 is 0. The molecule has 32 heavy (non-hydrogen) atoms. The molecule has 0 aromatic carbocycles. The number of carboxylic acids is 1. The number of hydrogen-bond acceptors (Lipinski definition) is 4. The third kappa shape index (κ3) is 5.27. The Hall–Kier alpha value is -2.10. The van der Waals surface area contributed by atoms with Crippen LogP contribution in [0.3, 0.4) is 0 Å². The van der Waals surface area contributed by atoms with Crippen LogP contribution in [0.2, 0.25) is 0 Å². The number of anilines is 1. The van der Waals surface area contributed by atoms with E-state index in [-0.39, 0.29) is 28.4 Å². The number of carbonyl (C=O) groups excluding carboxylic acids is 1. The second-order valence-corrected chi connectivity index (χ2v) is 11.2. The van der Waals surface area contributed by atoms with Crippen molar-refractivity contribution >= 4 is 35.0 Å². The molecule has 174 valence electrons. The van der Waals surface area contributed by atoms with Crippen LogP contribution >= 0.6 is 11.3 Å². The number of carboxylic acid groups (broad SMARTS) is 1. The Morgan fingerprint density at radius 2 is 1.88 bits per heavy atom. The van der Waals surface area contributed by atoms with E-state index < -0.39 is 5.97 Å². The van der Waals surface area contributed by atoms with Gasteiger partial charge in [-0.25, -0.2) is 4.79 Å². The van der Waals surface area contributed by atoms with E-state index in [2.05, 4.69) is 46.5 Å². The van der Waals surface area contributed by atoms with E-state index >= 15 is 0 Å². The van der Waals surface area contributed by atoms with Crippen LogP contribution in [0.15, 0.2) is 11.0 Å². The topological polar surface area (TPSA) is 77.8 Å². The average molecular weight is 458 g/mol. The highest BCUT2D eigenvalue weighted by atomic mass is 32.1. The van der Waals surface area contributed by atoms with Crippen molar-refractivity contribution in [2.45, 2.75) is 85.3 Å². The normalized spacial score (nSPS) is 26.3. The zero-order chi connectivity index (χ0) is 23.6. The first-order valence-electron chi connectivity index (χ1n) is 11.5. The summed E-state index contributed by atoms with van der Waals surface area (Å²) in [5, 5.41) is 21.7. The monoisotopic (exact) mass is 457 g/mol. The molecular weight excluding hydrogens is 422 g/mol. The Kier molecular flexibility index (Phi) is 7.52. The molecule has 1 saturated carbocycles. The van der Waals surface area contributed by atoms with Gasteiger partial charge in [0, 0.05) is 28.3 Å².